The number of piperidine rings is 1. The van der Waals surface area contributed by atoms with Gasteiger partial charge in [-0.05, 0) is 43.9 Å². The van der Waals surface area contributed by atoms with Gasteiger partial charge >= 0.3 is 0 Å². The molecule has 1 aromatic carbocycles. The number of likely N-dealkylation sites (tertiary alicyclic amines) is 1. The number of amides is 2. The molecule has 2 aliphatic rings. The number of nitrogens with zero attached hydrogens (tertiary/aromatic N) is 1. The third kappa shape index (κ3) is 4.02. The van der Waals surface area contributed by atoms with Crippen molar-refractivity contribution in [3.05, 3.63) is 28.2 Å². The van der Waals surface area contributed by atoms with Crippen LogP contribution < -0.4 is 5.32 Å². The van der Waals surface area contributed by atoms with Gasteiger partial charge in [0, 0.05) is 30.6 Å². The highest BCUT2D eigenvalue weighted by Gasteiger charge is 2.32. The Morgan fingerprint density at radius 3 is 2.58 bits per heavy atom. The van der Waals surface area contributed by atoms with Crippen LogP contribution in [0.3, 0.4) is 0 Å². The highest BCUT2D eigenvalue weighted by Crippen LogP contribution is 2.27. The Morgan fingerprint density at radius 1 is 1.17 bits per heavy atom. The smallest absolute Gasteiger partial charge is 0.251 e. The predicted molar refractivity (Wildman–Crippen MR) is 93.4 cm³/mol. The topological polar surface area (TPSA) is 58.6 Å². The summed E-state index contributed by atoms with van der Waals surface area (Å²) in [6.07, 6.45) is 2.73. The number of rotatable bonds is 3. The van der Waals surface area contributed by atoms with Gasteiger partial charge in [0.2, 0.25) is 5.91 Å². The summed E-state index contributed by atoms with van der Waals surface area (Å²) in [4.78, 5) is 26.6. The van der Waals surface area contributed by atoms with Crippen molar-refractivity contribution >= 4 is 40.7 Å². The molecule has 0 bridgehead atoms. The number of anilines is 1. The van der Waals surface area contributed by atoms with Gasteiger partial charge in [-0.25, -0.2) is 0 Å². The summed E-state index contributed by atoms with van der Waals surface area (Å²) >= 11 is 12.0. The van der Waals surface area contributed by atoms with E-state index in [1.807, 2.05) is 4.90 Å². The number of nitrogens with one attached hydrogen (secondary N) is 1. The van der Waals surface area contributed by atoms with E-state index in [1.165, 1.54) is 0 Å². The van der Waals surface area contributed by atoms with Crippen LogP contribution in [-0.4, -0.2) is 42.5 Å². The monoisotopic (exact) mass is 370 g/mol. The first-order valence-corrected chi connectivity index (χ1v) is 8.96. The molecule has 7 heteroatoms. The molecule has 1 N–H and O–H groups in total. The van der Waals surface area contributed by atoms with Gasteiger partial charge in [-0.1, -0.05) is 23.2 Å². The van der Waals surface area contributed by atoms with Crippen molar-refractivity contribution in [1.82, 2.24) is 4.90 Å². The summed E-state index contributed by atoms with van der Waals surface area (Å²) in [5, 5.41) is 3.81. The van der Waals surface area contributed by atoms with Crippen LogP contribution in [0.4, 0.5) is 5.69 Å². The molecule has 5 nitrogen and oxygen atoms in total. The van der Waals surface area contributed by atoms with Crippen molar-refractivity contribution in [1.29, 1.82) is 0 Å². The first-order valence-electron chi connectivity index (χ1n) is 8.21. The first-order chi connectivity index (χ1) is 11.5. The fourth-order valence-corrected chi connectivity index (χ4v) is 3.50. The molecule has 2 amide bonds. The second kappa shape index (κ2) is 7.72. The Labute approximate surface area is 151 Å². The first kappa shape index (κ1) is 17.5. The zero-order valence-corrected chi connectivity index (χ0v) is 14.8. The van der Waals surface area contributed by atoms with Gasteiger partial charge in [-0.2, -0.15) is 0 Å². The van der Waals surface area contributed by atoms with E-state index in [9.17, 15) is 9.59 Å². The van der Waals surface area contributed by atoms with Crippen LogP contribution in [0.15, 0.2) is 18.2 Å². The Hall–Kier alpha value is -1.30. The van der Waals surface area contributed by atoms with E-state index >= 15 is 0 Å². The number of carbonyl (C=O) groups excluding carboxylic acids is 2. The highest BCUT2D eigenvalue weighted by atomic mass is 35.5. The summed E-state index contributed by atoms with van der Waals surface area (Å²) in [5.41, 5.74) is 0.520. The second-order valence-electron chi connectivity index (χ2n) is 6.21. The van der Waals surface area contributed by atoms with E-state index in [2.05, 4.69) is 5.32 Å². The van der Waals surface area contributed by atoms with Crippen molar-refractivity contribution < 1.29 is 14.3 Å². The number of benzene rings is 1. The molecule has 0 aliphatic carbocycles. The van der Waals surface area contributed by atoms with Crippen LogP contribution in [0.5, 0.6) is 0 Å². The number of hydrogen-bond acceptors (Lipinski definition) is 3. The molecule has 0 aromatic heterocycles. The number of halogens is 2. The summed E-state index contributed by atoms with van der Waals surface area (Å²) < 4.78 is 5.45. The maximum atomic E-state index is 12.4. The fourth-order valence-electron chi connectivity index (χ4n) is 3.17. The largest absolute Gasteiger partial charge is 0.368 e. The summed E-state index contributed by atoms with van der Waals surface area (Å²) in [5.74, 6) is -0.152. The van der Waals surface area contributed by atoms with E-state index in [0.717, 1.165) is 12.8 Å². The Balaban J connectivity index is 1.53. The van der Waals surface area contributed by atoms with Crippen LogP contribution in [0.25, 0.3) is 0 Å². The molecule has 1 unspecified atom stereocenters. The van der Waals surface area contributed by atoms with Crippen molar-refractivity contribution in [2.75, 3.05) is 25.0 Å². The molecule has 1 aromatic rings. The predicted octanol–water partition coefficient (Wildman–Crippen LogP) is 3.35. The lowest BCUT2D eigenvalue weighted by Gasteiger charge is -2.32. The van der Waals surface area contributed by atoms with Crippen LogP contribution >= 0.6 is 23.2 Å². The molecule has 2 fully saturated rings. The van der Waals surface area contributed by atoms with Gasteiger partial charge in [0.05, 0.1) is 10.7 Å². The zero-order valence-electron chi connectivity index (χ0n) is 13.3. The minimum atomic E-state index is -0.291. The van der Waals surface area contributed by atoms with E-state index in [0.29, 0.717) is 48.3 Å². The standard InChI is InChI=1S/C17H20Cl2N2O3/c18-12-3-4-13(19)14(10-12)20-16(22)11-5-7-21(8-6-11)17(23)15-2-1-9-24-15/h3-4,10-11,15H,1-2,5-9H2,(H,20,22). The van der Waals surface area contributed by atoms with Crippen LogP contribution in [0.2, 0.25) is 10.0 Å². The lowest BCUT2D eigenvalue weighted by Crippen LogP contribution is -2.45. The van der Waals surface area contributed by atoms with Crippen LogP contribution in [-0.2, 0) is 14.3 Å². The highest BCUT2D eigenvalue weighted by molar-refractivity contribution is 6.35. The van der Waals surface area contributed by atoms with Crippen LogP contribution in [0.1, 0.15) is 25.7 Å². The van der Waals surface area contributed by atoms with Gasteiger partial charge in [0.1, 0.15) is 6.10 Å². The molecule has 24 heavy (non-hydrogen) atoms. The van der Waals surface area contributed by atoms with Crippen molar-refractivity contribution in [2.24, 2.45) is 5.92 Å². The van der Waals surface area contributed by atoms with Crippen LogP contribution in [0, 0.1) is 5.92 Å². The molecule has 2 aliphatic heterocycles. The van der Waals surface area contributed by atoms with Crippen molar-refractivity contribution in [3.63, 3.8) is 0 Å². The third-order valence-corrected chi connectivity index (χ3v) is 5.13. The van der Waals surface area contributed by atoms with Gasteiger partial charge in [-0.15, -0.1) is 0 Å². The number of hydrogen-bond donors (Lipinski definition) is 1. The maximum Gasteiger partial charge on any atom is 0.251 e. The van der Waals surface area contributed by atoms with E-state index in [-0.39, 0.29) is 23.8 Å². The normalized spacial score (nSPS) is 21.8. The molecule has 0 saturated carbocycles. The molecule has 130 valence electrons. The quantitative estimate of drug-likeness (QED) is 0.887. The molecule has 0 radical (unpaired) electrons. The van der Waals surface area contributed by atoms with E-state index < -0.39 is 0 Å². The van der Waals surface area contributed by atoms with E-state index in [4.69, 9.17) is 27.9 Å². The van der Waals surface area contributed by atoms with E-state index in [1.54, 1.807) is 18.2 Å². The Morgan fingerprint density at radius 2 is 1.92 bits per heavy atom. The Kier molecular flexibility index (Phi) is 5.64. The average Bonchev–Trinajstić information content (AvgIpc) is 3.12. The maximum absolute atomic E-state index is 12.4. The lowest BCUT2D eigenvalue weighted by atomic mass is 9.95. The van der Waals surface area contributed by atoms with Gasteiger partial charge in [0.25, 0.3) is 5.91 Å². The molecule has 2 saturated heterocycles. The molecular weight excluding hydrogens is 351 g/mol. The Bertz CT molecular complexity index is 624. The molecular formula is C17H20Cl2N2O3. The minimum absolute atomic E-state index is 0.0595. The summed E-state index contributed by atoms with van der Waals surface area (Å²) in [6, 6.07) is 4.97. The third-order valence-electron chi connectivity index (χ3n) is 4.57. The SMILES string of the molecule is O=C(Nc1cc(Cl)ccc1Cl)C1CCN(C(=O)C2CCCO2)CC1. The molecule has 0 spiro atoms. The average molecular weight is 371 g/mol. The van der Waals surface area contributed by atoms with Gasteiger partial charge < -0.3 is 15.0 Å². The lowest BCUT2D eigenvalue weighted by molar-refractivity contribution is -0.143. The number of ether oxygens (including phenoxy) is 1. The zero-order chi connectivity index (χ0) is 17.1. The summed E-state index contributed by atoms with van der Waals surface area (Å²) in [6.45, 7) is 1.83. The summed E-state index contributed by atoms with van der Waals surface area (Å²) in [7, 11) is 0. The second-order valence-corrected chi connectivity index (χ2v) is 7.06. The molecule has 1 atom stereocenters. The fraction of sp³-hybridized carbons (Fsp3) is 0.529. The van der Waals surface area contributed by atoms with Crippen molar-refractivity contribution in [3.8, 4) is 0 Å². The van der Waals surface area contributed by atoms with Crippen molar-refractivity contribution in [2.45, 2.75) is 31.8 Å². The molecule has 3 rings (SSSR count). The molecule has 2 heterocycles. The van der Waals surface area contributed by atoms with Gasteiger partial charge in [0.15, 0.2) is 0 Å². The van der Waals surface area contributed by atoms with Gasteiger partial charge in [-0.3, -0.25) is 9.59 Å². The minimum Gasteiger partial charge on any atom is -0.368 e. The number of carbonyl (C=O) groups is 2.